The number of hydrogen-bond donors (Lipinski definition) is 2. The van der Waals surface area contributed by atoms with E-state index in [1.165, 1.54) is 6.33 Å². The van der Waals surface area contributed by atoms with E-state index in [0.717, 1.165) is 25.7 Å². The number of carboxylic acids is 1. The Bertz CT molecular complexity index is 489. The molecule has 1 aliphatic rings. The van der Waals surface area contributed by atoms with Crippen LogP contribution in [0.4, 0.5) is 0 Å². The van der Waals surface area contributed by atoms with Crippen molar-refractivity contribution in [3.05, 3.63) is 30.4 Å². The van der Waals surface area contributed by atoms with Gasteiger partial charge in [0, 0.05) is 12.6 Å². The van der Waals surface area contributed by atoms with Gasteiger partial charge in [-0.05, 0) is 12.8 Å². The fraction of sp³-hybridized carbons (Fsp3) is 0.462. The summed E-state index contributed by atoms with van der Waals surface area (Å²) in [6.07, 6.45) is 6.98. The molecule has 6 heteroatoms. The first kappa shape index (κ1) is 13.3. The number of amides is 1. The van der Waals surface area contributed by atoms with Gasteiger partial charge in [-0.15, -0.1) is 6.58 Å². The van der Waals surface area contributed by atoms with Gasteiger partial charge in [-0.25, -0.2) is 9.78 Å². The highest BCUT2D eigenvalue weighted by molar-refractivity contribution is 6.02. The lowest BCUT2D eigenvalue weighted by Gasteiger charge is -2.27. The van der Waals surface area contributed by atoms with E-state index >= 15 is 0 Å². The molecule has 0 aliphatic heterocycles. The Balaban J connectivity index is 2.25. The predicted molar refractivity (Wildman–Crippen MR) is 69.0 cm³/mol. The van der Waals surface area contributed by atoms with Crippen LogP contribution in [0.25, 0.3) is 0 Å². The highest BCUT2D eigenvalue weighted by Gasteiger charge is 2.30. The Morgan fingerprint density at radius 3 is 2.79 bits per heavy atom. The number of nitrogens with one attached hydrogen (secondary N) is 1. The molecule has 1 heterocycles. The number of rotatable bonds is 5. The summed E-state index contributed by atoms with van der Waals surface area (Å²) in [6, 6.07) is 0.156. The molecular formula is C13H17N3O3. The minimum Gasteiger partial charge on any atom is -0.477 e. The zero-order valence-corrected chi connectivity index (χ0v) is 10.6. The highest BCUT2D eigenvalue weighted by Crippen LogP contribution is 2.25. The molecule has 1 fully saturated rings. The molecule has 0 spiro atoms. The Morgan fingerprint density at radius 1 is 1.53 bits per heavy atom. The molecule has 1 amide bonds. The lowest BCUT2D eigenvalue weighted by atomic mass is 10.2. The number of aromatic nitrogens is 2. The molecular weight excluding hydrogens is 246 g/mol. The van der Waals surface area contributed by atoms with Crippen LogP contribution in [0.3, 0.4) is 0 Å². The minimum atomic E-state index is -1.18. The van der Waals surface area contributed by atoms with Crippen molar-refractivity contribution in [2.45, 2.75) is 31.7 Å². The second-order valence-electron chi connectivity index (χ2n) is 4.62. The van der Waals surface area contributed by atoms with Crippen molar-refractivity contribution in [1.82, 2.24) is 14.9 Å². The fourth-order valence-corrected chi connectivity index (χ4v) is 2.51. The topological polar surface area (TPSA) is 86.3 Å². The maximum atomic E-state index is 12.4. The molecule has 102 valence electrons. The molecule has 2 N–H and O–H groups in total. The molecule has 0 bridgehead atoms. The zero-order chi connectivity index (χ0) is 13.8. The van der Waals surface area contributed by atoms with Gasteiger partial charge in [-0.1, -0.05) is 18.9 Å². The Labute approximate surface area is 111 Å². The van der Waals surface area contributed by atoms with Gasteiger partial charge in [0.05, 0.1) is 6.33 Å². The van der Waals surface area contributed by atoms with Crippen LogP contribution in [-0.4, -0.2) is 44.4 Å². The van der Waals surface area contributed by atoms with Crippen LogP contribution >= 0.6 is 0 Å². The highest BCUT2D eigenvalue weighted by atomic mass is 16.4. The summed E-state index contributed by atoms with van der Waals surface area (Å²) in [5.74, 6) is -1.52. The smallest absolute Gasteiger partial charge is 0.354 e. The van der Waals surface area contributed by atoms with Gasteiger partial charge >= 0.3 is 5.97 Å². The number of hydrogen-bond acceptors (Lipinski definition) is 3. The molecule has 0 radical (unpaired) electrons. The van der Waals surface area contributed by atoms with Crippen LogP contribution in [0, 0.1) is 0 Å². The molecule has 0 atom stereocenters. The third kappa shape index (κ3) is 2.67. The summed E-state index contributed by atoms with van der Waals surface area (Å²) in [6.45, 7) is 4.07. The average Bonchev–Trinajstić information content (AvgIpc) is 3.05. The van der Waals surface area contributed by atoms with Crippen molar-refractivity contribution in [3.8, 4) is 0 Å². The molecule has 0 aromatic carbocycles. The molecule has 0 saturated heterocycles. The zero-order valence-electron chi connectivity index (χ0n) is 10.6. The molecule has 6 nitrogen and oxygen atoms in total. The second kappa shape index (κ2) is 5.69. The van der Waals surface area contributed by atoms with Gasteiger partial charge in [-0.3, -0.25) is 4.79 Å². The predicted octanol–water partition coefficient (Wildman–Crippen LogP) is 1.68. The maximum absolute atomic E-state index is 12.4. The molecule has 1 saturated carbocycles. The standard InChI is InChI=1S/C13H17N3O3/c1-2-7-16(9-5-3-4-6-9)12(17)10-11(13(18)19)15-8-14-10/h2,8-9H,1,3-7H2,(H,14,15)(H,18,19). The molecule has 1 aromatic heterocycles. The van der Waals surface area contributed by atoms with Crippen molar-refractivity contribution in [3.63, 3.8) is 0 Å². The van der Waals surface area contributed by atoms with Crippen molar-refractivity contribution in [1.29, 1.82) is 0 Å². The van der Waals surface area contributed by atoms with Crippen molar-refractivity contribution in [2.75, 3.05) is 6.54 Å². The summed E-state index contributed by atoms with van der Waals surface area (Å²) in [5.41, 5.74) is -0.182. The summed E-state index contributed by atoms with van der Waals surface area (Å²) >= 11 is 0. The second-order valence-corrected chi connectivity index (χ2v) is 4.62. The van der Waals surface area contributed by atoms with E-state index in [4.69, 9.17) is 5.11 Å². The van der Waals surface area contributed by atoms with Gasteiger partial charge in [0.2, 0.25) is 0 Å². The quantitative estimate of drug-likeness (QED) is 0.791. The third-order valence-electron chi connectivity index (χ3n) is 3.41. The van der Waals surface area contributed by atoms with Crippen LogP contribution in [0.15, 0.2) is 19.0 Å². The van der Waals surface area contributed by atoms with Gasteiger partial charge in [0.25, 0.3) is 5.91 Å². The maximum Gasteiger partial charge on any atom is 0.354 e. The van der Waals surface area contributed by atoms with Gasteiger partial charge in [0.1, 0.15) is 0 Å². The average molecular weight is 263 g/mol. The van der Waals surface area contributed by atoms with E-state index in [9.17, 15) is 9.59 Å². The largest absolute Gasteiger partial charge is 0.477 e. The number of aromatic carboxylic acids is 1. The number of carbonyl (C=O) groups is 2. The number of imidazole rings is 1. The molecule has 19 heavy (non-hydrogen) atoms. The van der Waals surface area contributed by atoms with Crippen LogP contribution in [0.5, 0.6) is 0 Å². The number of nitrogens with zero attached hydrogens (tertiary/aromatic N) is 2. The van der Waals surface area contributed by atoms with Crippen LogP contribution < -0.4 is 0 Å². The Hall–Kier alpha value is -2.11. The number of H-pyrrole nitrogens is 1. The fourth-order valence-electron chi connectivity index (χ4n) is 2.51. The number of carboxylic acid groups (broad SMARTS) is 1. The van der Waals surface area contributed by atoms with E-state index in [1.54, 1.807) is 11.0 Å². The van der Waals surface area contributed by atoms with Gasteiger partial charge in [0.15, 0.2) is 11.4 Å². The molecule has 2 rings (SSSR count). The van der Waals surface area contributed by atoms with E-state index < -0.39 is 5.97 Å². The monoisotopic (exact) mass is 263 g/mol. The normalized spacial score (nSPS) is 15.4. The summed E-state index contributed by atoms with van der Waals surface area (Å²) < 4.78 is 0. The van der Waals surface area contributed by atoms with E-state index in [2.05, 4.69) is 16.5 Å². The third-order valence-corrected chi connectivity index (χ3v) is 3.41. The summed E-state index contributed by atoms with van der Waals surface area (Å²) in [4.78, 5) is 31.5. The first-order chi connectivity index (χ1) is 9.15. The van der Waals surface area contributed by atoms with E-state index in [-0.39, 0.29) is 23.3 Å². The summed E-state index contributed by atoms with van der Waals surface area (Å²) in [7, 11) is 0. The minimum absolute atomic E-state index is 0.0266. The van der Waals surface area contributed by atoms with Crippen LogP contribution in [0.2, 0.25) is 0 Å². The van der Waals surface area contributed by atoms with Crippen LogP contribution in [0.1, 0.15) is 46.7 Å². The SMILES string of the molecule is C=CCN(C(=O)c1nc[nH]c1C(=O)O)C1CCCC1. The van der Waals surface area contributed by atoms with E-state index in [1.807, 2.05) is 0 Å². The van der Waals surface area contributed by atoms with Crippen LogP contribution in [-0.2, 0) is 0 Å². The lowest BCUT2D eigenvalue weighted by Crippen LogP contribution is -2.39. The van der Waals surface area contributed by atoms with E-state index in [0.29, 0.717) is 6.54 Å². The number of carbonyl (C=O) groups excluding carboxylic acids is 1. The van der Waals surface area contributed by atoms with Gasteiger partial charge in [-0.2, -0.15) is 0 Å². The first-order valence-corrected chi connectivity index (χ1v) is 6.33. The number of aromatic amines is 1. The Morgan fingerprint density at radius 2 is 2.21 bits per heavy atom. The molecule has 1 aliphatic carbocycles. The first-order valence-electron chi connectivity index (χ1n) is 6.33. The Kier molecular flexibility index (Phi) is 3.99. The molecule has 1 aromatic rings. The summed E-state index contributed by atoms with van der Waals surface area (Å²) in [5, 5.41) is 9.02. The van der Waals surface area contributed by atoms with Crippen molar-refractivity contribution >= 4 is 11.9 Å². The lowest BCUT2D eigenvalue weighted by molar-refractivity contribution is 0.0652. The van der Waals surface area contributed by atoms with Crippen molar-refractivity contribution in [2.24, 2.45) is 0 Å². The molecule has 0 unspecified atom stereocenters. The van der Waals surface area contributed by atoms with Crippen molar-refractivity contribution < 1.29 is 14.7 Å². The van der Waals surface area contributed by atoms with Gasteiger partial charge < -0.3 is 15.0 Å².